The predicted molar refractivity (Wildman–Crippen MR) is 133 cm³/mol. The maximum absolute atomic E-state index is 14.3. The molecule has 9 heteroatoms. The van der Waals surface area contributed by atoms with Crippen LogP contribution >= 0.6 is 0 Å². The Hall–Kier alpha value is -4.63. The van der Waals surface area contributed by atoms with Gasteiger partial charge >= 0.3 is 11.9 Å². The number of Topliss-reactive ketones (excluding diaryl/α,β-unsaturated/α-hetero) is 1. The van der Waals surface area contributed by atoms with Crippen molar-refractivity contribution in [1.82, 2.24) is 0 Å². The molecule has 7 nitrogen and oxygen atoms in total. The Kier molecular flexibility index (Phi) is 6.38. The number of fused-ring (bicyclic) bond motifs is 3. The number of nitrogens with zero attached hydrogens (tertiary/aromatic N) is 1. The average molecular weight is 517 g/mol. The lowest BCUT2D eigenvalue weighted by Gasteiger charge is -2.48. The molecule has 2 heterocycles. The van der Waals surface area contributed by atoms with Crippen molar-refractivity contribution in [3.8, 4) is 0 Å². The molecule has 0 spiro atoms. The van der Waals surface area contributed by atoms with E-state index in [2.05, 4.69) is 0 Å². The number of ketones is 1. The van der Waals surface area contributed by atoms with Crippen LogP contribution < -0.4 is 4.90 Å². The number of hydrogen-bond acceptors (Lipinski definition) is 7. The van der Waals surface area contributed by atoms with Gasteiger partial charge in [0.05, 0.1) is 19.9 Å². The number of carbonyl (C=O) groups excluding carboxylic acids is 3. The molecular weight excluding hydrogens is 496 g/mol. The summed E-state index contributed by atoms with van der Waals surface area (Å²) in [7, 11) is 2.24. The van der Waals surface area contributed by atoms with Crippen LogP contribution in [0.15, 0.2) is 90.1 Å². The molecule has 0 fully saturated rings. The molecule has 2 unspecified atom stereocenters. The first-order valence-corrected chi connectivity index (χ1v) is 11.5. The summed E-state index contributed by atoms with van der Waals surface area (Å²) in [5.74, 6) is -3.95. The van der Waals surface area contributed by atoms with E-state index in [4.69, 9.17) is 14.2 Å². The van der Waals surface area contributed by atoms with Gasteiger partial charge in [-0.2, -0.15) is 0 Å². The zero-order valence-electron chi connectivity index (χ0n) is 20.3. The number of hydrogen-bond donors (Lipinski definition) is 0. The molecule has 2 aliphatic rings. The molecule has 0 N–H and O–H groups in total. The maximum atomic E-state index is 14.3. The van der Waals surface area contributed by atoms with Gasteiger partial charge < -0.3 is 19.1 Å². The van der Waals surface area contributed by atoms with Gasteiger partial charge in [0.1, 0.15) is 22.9 Å². The van der Waals surface area contributed by atoms with E-state index in [1.165, 1.54) is 29.2 Å². The summed E-state index contributed by atoms with van der Waals surface area (Å²) < 4.78 is 44.4. The quantitative estimate of drug-likeness (QED) is 0.363. The lowest BCUT2D eigenvalue weighted by Crippen LogP contribution is -2.57. The third kappa shape index (κ3) is 3.88. The van der Waals surface area contributed by atoms with E-state index in [1.807, 2.05) is 0 Å². The van der Waals surface area contributed by atoms with E-state index in [1.54, 1.807) is 36.4 Å². The fraction of sp³-hybridized carbons (Fsp3) is 0.138. The minimum Gasteiger partial charge on any atom is -0.465 e. The lowest BCUT2D eigenvalue weighted by atomic mass is 9.76. The monoisotopic (exact) mass is 517 g/mol. The average Bonchev–Trinajstić information content (AvgIpc) is 2.95. The van der Waals surface area contributed by atoms with Crippen LogP contribution in [0, 0.1) is 11.6 Å². The molecule has 0 radical (unpaired) electrons. The highest BCUT2D eigenvalue weighted by atomic mass is 19.1. The molecule has 3 aromatic carbocycles. The van der Waals surface area contributed by atoms with Gasteiger partial charge in [-0.3, -0.25) is 4.79 Å². The van der Waals surface area contributed by atoms with Crippen LogP contribution in [0.4, 0.5) is 14.5 Å². The van der Waals surface area contributed by atoms with Crippen molar-refractivity contribution in [1.29, 1.82) is 0 Å². The highest BCUT2D eigenvalue weighted by Gasteiger charge is 2.58. The highest BCUT2D eigenvalue weighted by Crippen LogP contribution is 2.48. The van der Waals surface area contributed by atoms with Gasteiger partial charge in [-0.15, -0.1) is 0 Å². The second kappa shape index (κ2) is 9.68. The second-order valence-electron chi connectivity index (χ2n) is 8.53. The summed E-state index contributed by atoms with van der Waals surface area (Å²) in [5, 5.41) is 0. The largest absolute Gasteiger partial charge is 0.465 e. The number of rotatable bonds is 5. The van der Waals surface area contributed by atoms with Crippen molar-refractivity contribution in [2.45, 2.75) is 11.8 Å². The summed E-state index contributed by atoms with van der Waals surface area (Å²) >= 11 is 0. The van der Waals surface area contributed by atoms with E-state index < -0.39 is 46.8 Å². The standard InChI is InChI=1S/C29H21F2NO6/c1-36-27(34)24-25(28(35)37-2)32-22-6-4-3-5-17(22)9-16-23(32)38-29(24,19-10-14-21(31)15-11-19)26(33)18-7-12-20(30)13-8-18/h3-16,23H,1-2H3. The number of benzene rings is 3. The molecule has 3 aromatic rings. The Morgan fingerprint density at radius 3 is 2.08 bits per heavy atom. The minimum atomic E-state index is -2.29. The molecule has 0 bridgehead atoms. The summed E-state index contributed by atoms with van der Waals surface area (Å²) in [6.45, 7) is 0. The molecule has 38 heavy (non-hydrogen) atoms. The SMILES string of the molecule is COC(=O)C1=C(C(=O)OC)C(C(=O)c2ccc(F)cc2)(c2ccc(F)cc2)OC2C=Cc3ccccc3N12. The van der Waals surface area contributed by atoms with E-state index in [9.17, 15) is 23.2 Å². The lowest BCUT2D eigenvalue weighted by molar-refractivity contribution is -0.145. The number of ether oxygens (including phenoxy) is 3. The Labute approximate surface area is 216 Å². The molecular formula is C29H21F2NO6. The van der Waals surface area contributed by atoms with Crippen molar-refractivity contribution in [2.24, 2.45) is 0 Å². The fourth-order valence-electron chi connectivity index (χ4n) is 4.76. The van der Waals surface area contributed by atoms with Crippen LogP contribution in [0.2, 0.25) is 0 Å². The Bertz CT molecular complexity index is 1500. The minimum absolute atomic E-state index is 0.0185. The summed E-state index contributed by atoms with van der Waals surface area (Å²) in [4.78, 5) is 42.7. The van der Waals surface area contributed by atoms with Gasteiger partial charge in [0, 0.05) is 5.56 Å². The molecule has 0 aromatic heterocycles. The van der Waals surface area contributed by atoms with Crippen LogP contribution in [0.3, 0.4) is 0 Å². The second-order valence-corrected chi connectivity index (χ2v) is 8.53. The molecule has 2 aliphatic heterocycles. The smallest absolute Gasteiger partial charge is 0.355 e. The van der Waals surface area contributed by atoms with E-state index in [0.717, 1.165) is 44.0 Å². The third-order valence-corrected chi connectivity index (χ3v) is 6.46. The van der Waals surface area contributed by atoms with Crippen LogP contribution in [0.25, 0.3) is 6.08 Å². The van der Waals surface area contributed by atoms with Gasteiger partial charge in [-0.05, 0) is 59.7 Å². The van der Waals surface area contributed by atoms with Crippen LogP contribution in [0.1, 0.15) is 21.5 Å². The van der Waals surface area contributed by atoms with Crippen molar-refractivity contribution in [3.05, 3.63) is 118 Å². The number of anilines is 1. The van der Waals surface area contributed by atoms with Crippen LogP contribution in [0.5, 0.6) is 0 Å². The first-order valence-electron chi connectivity index (χ1n) is 11.5. The Morgan fingerprint density at radius 1 is 0.842 bits per heavy atom. The number of carbonyl (C=O) groups is 3. The van der Waals surface area contributed by atoms with E-state index >= 15 is 0 Å². The molecule has 2 atom stereocenters. The van der Waals surface area contributed by atoms with Gasteiger partial charge in [-0.25, -0.2) is 18.4 Å². The summed E-state index contributed by atoms with van der Waals surface area (Å²) in [5.41, 5.74) is -1.76. The van der Waals surface area contributed by atoms with Gasteiger partial charge in [0.2, 0.25) is 5.78 Å². The van der Waals surface area contributed by atoms with Crippen LogP contribution in [-0.4, -0.2) is 38.2 Å². The molecule has 5 rings (SSSR count). The molecule has 0 aliphatic carbocycles. The van der Waals surface area contributed by atoms with Gasteiger partial charge in [0.25, 0.3) is 0 Å². The molecule has 0 amide bonds. The molecule has 0 saturated carbocycles. The Balaban J connectivity index is 1.90. The topological polar surface area (TPSA) is 82.1 Å². The first-order chi connectivity index (χ1) is 18.3. The zero-order valence-corrected chi connectivity index (χ0v) is 20.3. The normalized spacial score (nSPS) is 19.9. The number of para-hydroxylation sites is 1. The number of esters is 2. The molecule has 192 valence electrons. The van der Waals surface area contributed by atoms with Crippen molar-refractivity contribution < 1.29 is 37.4 Å². The van der Waals surface area contributed by atoms with Crippen LogP contribution in [-0.2, 0) is 29.4 Å². The van der Waals surface area contributed by atoms with E-state index in [0.29, 0.717) is 5.69 Å². The highest BCUT2D eigenvalue weighted by molar-refractivity contribution is 6.15. The van der Waals surface area contributed by atoms with Crippen molar-refractivity contribution >= 4 is 29.5 Å². The van der Waals surface area contributed by atoms with Crippen molar-refractivity contribution in [3.63, 3.8) is 0 Å². The van der Waals surface area contributed by atoms with Gasteiger partial charge in [0.15, 0.2) is 11.8 Å². The maximum Gasteiger partial charge on any atom is 0.355 e. The zero-order chi connectivity index (χ0) is 27.0. The number of methoxy groups -OCH3 is 2. The predicted octanol–water partition coefficient (Wildman–Crippen LogP) is 4.53. The third-order valence-electron chi connectivity index (χ3n) is 6.46. The molecule has 0 saturated heterocycles. The summed E-state index contributed by atoms with van der Waals surface area (Å²) in [6.07, 6.45) is 2.31. The first kappa shape index (κ1) is 25.0. The van der Waals surface area contributed by atoms with Crippen molar-refractivity contribution in [2.75, 3.05) is 19.1 Å². The van der Waals surface area contributed by atoms with Gasteiger partial charge in [-0.1, -0.05) is 36.4 Å². The Morgan fingerprint density at radius 2 is 1.45 bits per heavy atom. The number of halogens is 2. The summed E-state index contributed by atoms with van der Waals surface area (Å²) in [6, 6.07) is 16.5. The fourth-order valence-corrected chi connectivity index (χ4v) is 4.76. The van der Waals surface area contributed by atoms with E-state index in [-0.39, 0.29) is 16.8 Å².